The average molecular weight is 529 g/mol. The molecule has 0 heterocycles. The van der Waals surface area contributed by atoms with E-state index < -0.39 is 0 Å². The topological polar surface area (TPSA) is 61.8 Å². The molecule has 0 aliphatic heterocycles. The summed E-state index contributed by atoms with van der Waals surface area (Å²) in [6.45, 7) is 9.71. The second kappa shape index (κ2) is 12.6. The maximum absolute atomic E-state index is 14.3. The van der Waals surface area contributed by atoms with Gasteiger partial charge in [0, 0.05) is 29.8 Å². The molecule has 5 heteroatoms. The highest BCUT2D eigenvalue weighted by atomic mass is 16.5. The lowest BCUT2D eigenvalue weighted by atomic mass is 9.68. The van der Waals surface area contributed by atoms with Gasteiger partial charge in [-0.3, -0.25) is 0 Å². The fourth-order valence-electron chi connectivity index (χ4n) is 6.09. The molecule has 1 fully saturated rings. The van der Waals surface area contributed by atoms with E-state index in [1.807, 2.05) is 29.2 Å². The molecule has 4 rings (SSSR count). The summed E-state index contributed by atoms with van der Waals surface area (Å²) in [5.74, 6) is 1.67. The van der Waals surface area contributed by atoms with E-state index in [-0.39, 0.29) is 29.0 Å². The number of urea groups is 1. The van der Waals surface area contributed by atoms with E-state index in [9.17, 15) is 9.90 Å². The van der Waals surface area contributed by atoms with E-state index in [0.717, 1.165) is 53.8 Å². The number of hydrogen-bond donors (Lipinski definition) is 2. The molecule has 0 bridgehead atoms. The molecular weight excluding hydrogens is 484 g/mol. The molecule has 0 atom stereocenters. The molecule has 5 nitrogen and oxygen atoms in total. The largest absolute Gasteiger partial charge is 0.508 e. The van der Waals surface area contributed by atoms with Crippen LogP contribution in [0.1, 0.15) is 93.9 Å². The molecule has 0 radical (unpaired) electrons. The molecule has 2 N–H and O–H groups in total. The fraction of sp³-hybridized carbons (Fsp3) is 0.441. The van der Waals surface area contributed by atoms with Gasteiger partial charge in [0.2, 0.25) is 0 Å². The van der Waals surface area contributed by atoms with Gasteiger partial charge in [0.15, 0.2) is 0 Å². The number of hydrogen-bond acceptors (Lipinski definition) is 3. The van der Waals surface area contributed by atoms with Gasteiger partial charge in [0.25, 0.3) is 0 Å². The van der Waals surface area contributed by atoms with Crippen molar-refractivity contribution < 1.29 is 14.6 Å². The van der Waals surface area contributed by atoms with Crippen LogP contribution in [0.15, 0.2) is 66.7 Å². The minimum absolute atomic E-state index is 0.0991. The maximum atomic E-state index is 14.3. The minimum Gasteiger partial charge on any atom is -0.508 e. The van der Waals surface area contributed by atoms with Crippen LogP contribution in [-0.4, -0.2) is 29.7 Å². The second-order valence-electron chi connectivity index (χ2n) is 11.6. The van der Waals surface area contributed by atoms with Crippen molar-refractivity contribution in [1.82, 2.24) is 4.90 Å². The number of benzene rings is 3. The molecule has 1 saturated carbocycles. The van der Waals surface area contributed by atoms with Crippen molar-refractivity contribution in [1.29, 1.82) is 0 Å². The van der Waals surface area contributed by atoms with Crippen LogP contribution < -0.4 is 10.1 Å². The van der Waals surface area contributed by atoms with Crippen molar-refractivity contribution >= 4 is 11.7 Å². The summed E-state index contributed by atoms with van der Waals surface area (Å²) in [5.41, 5.74) is 5.19. The minimum atomic E-state index is -0.197. The Hall–Kier alpha value is -3.47. The lowest BCUT2D eigenvalue weighted by Gasteiger charge is -2.42. The zero-order chi connectivity index (χ0) is 28.0. The number of methoxy groups -OCH3 is 1. The van der Waals surface area contributed by atoms with Gasteiger partial charge in [-0.05, 0) is 59.6 Å². The highest BCUT2D eigenvalue weighted by Crippen LogP contribution is 2.44. The molecular formula is C34H44N2O3. The van der Waals surface area contributed by atoms with Crippen LogP contribution in [0.3, 0.4) is 0 Å². The Morgan fingerprint density at radius 2 is 1.51 bits per heavy atom. The number of phenolic OH excluding ortho intramolecular Hbond substituents is 1. The number of carbonyl (C=O) groups excluding carboxylic acids is 1. The number of para-hydroxylation sites is 2. The number of rotatable bonds is 9. The smallest absolute Gasteiger partial charge is 0.322 e. The predicted molar refractivity (Wildman–Crippen MR) is 160 cm³/mol. The number of amides is 2. The van der Waals surface area contributed by atoms with E-state index in [4.69, 9.17) is 4.74 Å². The van der Waals surface area contributed by atoms with Gasteiger partial charge in [-0.2, -0.15) is 0 Å². The molecule has 0 spiro atoms. The molecule has 0 saturated heterocycles. The first-order valence-corrected chi connectivity index (χ1v) is 14.3. The Morgan fingerprint density at radius 3 is 2.10 bits per heavy atom. The van der Waals surface area contributed by atoms with Gasteiger partial charge < -0.3 is 20.1 Å². The lowest BCUT2D eigenvalue weighted by Crippen LogP contribution is -2.46. The third-order valence-electron chi connectivity index (χ3n) is 8.18. The average Bonchev–Trinajstić information content (AvgIpc) is 2.94. The van der Waals surface area contributed by atoms with Gasteiger partial charge in [-0.25, -0.2) is 4.79 Å². The van der Waals surface area contributed by atoms with E-state index >= 15 is 0 Å². The van der Waals surface area contributed by atoms with Crippen molar-refractivity contribution in [2.24, 2.45) is 0 Å². The number of anilines is 1. The lowest BCUT2D eigenvalue weighted by molar-refractivity contribution is 0.167. The van der Waals surface area contributed by atoms with Crippen molar-refractivity contribution in [2.75, 3.05) is 19.0 Å². The van der Waals surface area contributed by atoms with Crippen LogP contribution in [0.25, 0.3) is 0 Å². The van der Waals surface area contributed by atoms with Crippen molar-refractivity contribution in [2.45, 2.75) is 83.6 Å². The quantitative estimate of drug-likeness (QED) is 0.292. The van der Waals surface area contributed by atoms with Gasteiger partial charge in [-0.15, -0.1) is 0 Å². The van der Waals surface area contributed by atoms with Crippen LogP contribution >= 0.6 is 0 Å². The first kappa shape index (κ1) is 28.5. The third-order valence-corrected chi connectivity index (χ3v) is 8.18. The van der Waals surface area contributed by atoms with Gasteiger partial charge in [0.05, 0.1) is 7.11 Å². The number of aromatic hydroxyl groups is 1. The normalized spacial score (nSPS) is 14.8. The fourth-order valence-corrected chi connectivity index (χ4v) is 6.09. The molecule has 1 aliphatic rings. The van der Waals surface area contributed by atoms with Gasteiger partial charge in [-0.1, -0.05) is 95.5 Å². The molecule has 3 aromatic carbocycles. The third kappa shape index (κ3) is 6.58. The highest BCUT2D eigenvalue weighted by Gasteiger charge is 2.39. The molecule has 1 aliphatic carbocycles. The van der Waals surface area contributed by atoms with E-state index in [0.29, 0.717) is 13.1 Å². The Labute approximate surface area is 234 Å². The zero-order valence-electron chi connectivity index (χ0n) is 24.2. The SMILES string of the molecule is COc1ccccc1C1(CN(Cc2ccc(O)cc2)C(=O)Nc2c(C(C)C)cccc2C(C)C)CCCCC1. The summed E-state index contributed by atoms with van der Waals surface area (Å²) in [4.78, 5) is 16.2. The standard InChI is InChI=1S/C34H44N2O3/c1-24(2)28-12-11-13-29(25(3)4)32(28)35-33(38)36(22-26-16-18-27(37)19-17-26)23-34(20-9-6-10-21-34)30-14-7-8-15-31(30)39-5/h7-8,11-19,24-25,37H,6,9-10,20-23H2,1-5H3,(H,35,38). The second-order valence-corrected chi connectivity index (χ2v) is 11.6. The summed E-state index contributed by atoms with van der Waals surface area (Å²) in [6.07, 6.45) is 5.47. The van der Waals surface area contributed by atoms with Crippen LogP contribution in [-0.2, 0) is 12.0 Å². The molecule has 39 heavy (non-hydrogen) atoms. The van der Waals surface area contributed by atoms with E-state index in [1.54, 1.807) is 19.2 Å². The monoisotopic (exact) mass is 528 g/mol. The zero-order valence-corrected chi connectivity index (χ0v) is 24.2. The number of phenols is 1. The summed E-state index contributed by atoms with van der Waals surface area (Å²) in [7, 11) is 1.73. The predicted octanol–water partition coefficient (Wildman–Crippen LogP) is 8.58. The van der Waals surface area contributed by atoms with Crippen molar-refractivity contribution in [3.63, 3.8) is 0 Å². The number of nitrogens with zero attached hydrogens (tertiary/aromatic N) is 1. The van der Waals surface area contributed by atoms with Gasteiger partial charge in [0.1, 0.15) is 11.5 Å². The Morgan fingerprint density at radius 1 is 0.897 bits per heavy atom. The molecule has 2 amide bonds. The maximum Gasteiger partial charge on any atom is 0.322 e. The van der Waals surface area contributed by atoms with Crippen LogP contribution in [0, 0.1) is 0 Å². The Balaban J connectivity index is 1.75. The van der Waals surface area contributed by atoms with Crippen molar-refractivity contribution in [3.05, 3.63) is 89.0 Å². The van der Waals surface area contributed by atoms with E-state index in [1.165, 1.54) is 12.0 Å². The summed E-state index contributed by atoms with van der Waals surface area (Å²) in [5, 5.41) is 13.2. The highest BCUT2D eigenvalue weighted by molar-refractivity contribution is 5.91. The molecule has 208 valence electrons. The molecule has 0 unspecified atom stereocenters. The van der Waals surface area contributed by atoms with Crippen LogP contribution in [0.5, 0.6) is 11.5 Å². The van der Waals surface area contributed by atoms with Crippen molar-refractivity contribution in [3.8, 4) is 11.5 Å². The summed E-state index contributed by atoms with van der Waals surface area (Å²) in [6, 6.07) is 21.7. The summed E-state index contributed by atoms with van der Waals surface area (Å²) < 4.78 is 5.83. The molecule has 3 aromatic rings. The van der Waals surface area contributed by atoms with Crippen LogP contribution in [0.4, 0.5) is 10.5 Å². The first-order chi connectivity index (χ1) is 18.7. The van der Waals surface area contributed by atoms with Crippen LogP contribution in [0.2, 0.25) is 0 Å². The first-order valence-electron chi connectivity index (χ1n) is 14.3. The number of carbonyl (C=O) groups is 1. The van der Waals surface area contributed by atoms with E-state index in [2.05, 4.69) is 63.3 Å². The van der Waals surface area contributed by atoms with Gasteiger partial charge >= 0.3 is 6.03 Å². The number of ether oxygens (including phenoxy) is 1. The Bertz CT molecular complexity index is 1220. The molecule has 0 aromatic heterocycles. The summed E-state index contributed by atoms with van der Waals surface area (Å²) >= 11 is 0. The number of nitrogens with one attached hydrogen (secondary N) is 1. The Kier molecular flexibility index (Phi) is 9.21.